The molecule has 5 rings (SSSR count). The van der Waals surface area contributed by atoms with Gasteiger partial charge in [-0.2, -0.15) is 0 Å². The zero-order chi connectivity index (χ0) is 31.8. The maximum atomic E-state index is 13.4. The van der Waals surface area contributed by atoms with E-state index >= 15 is 0 Å². The molecule has 1 aromatic heterocycles. The highest BCUT2D eigenvalue weighted by atomic mass is 32.1. The monoisotopic (exact) mass is 618 g/mol. The SMILES string of the molecule is COc1cc(CNC(=O)OC(C)(C)C)cc(-c2ccc(Cc3c(C)sc(C)c3C(=O)NC3CC4(C3)CC(C(=O)O)C4)cc2)c1. The van der Waals surface area contributed by atoms with Gasteiger partial charge in [0.05, 0.1) is 18.6 Å². The minimum atomic E-state index is -0.703. The number of methoxy groups -OCH3 is 1. The number of benzene rings is 2. The van der Waals surface area contributed by atoms with Crippen LogP contribution in [0.25, 0.3) is 11.1 Å². The number of thiophene rings is 1. The summed E-state index contributed by atoms with van der Waals surface area (Å²) in [6, 6.07) is 14.3. The summed E-state index contributed by atoms with van der Waals surface area (Å²) in [5.41, 5.74) is 5.36. The Balaban J connectivity index is 1.24. The van der Waals surface area contributed by atoms with Crippen LogP contribution in [0.5, 0.6) is 5.75 Å². The van der Waals surface area contributed by atoms with Crippen LogP contribution >= 0.6 is 11.3 Å². The summed E-state index contributed by atoms with van der Waals surface area (Å²) in [6.45, 7) is 9.87. The second kappa shape index (κ2) is 12.3. The fourth-order valence-electron chi connectivity index (χ4n) is 6.63. The van der Waals surface area contributed by atoms with Gasteiger partial charge in [-0.05, 0) is 118 Å². The lowest BCUT2D eigenvalue weighted by molar-refractivity contribution is -0.155. The minimum absolute atomic E-state index is 0.0312. The number of carbonyl (C=O) groups excluding carboxylic acids is 2. The predicted octanol–water partition coefficient (Wildman–Crippen LogP) is 7.03. The molecule has 2 aliphatic rings. The predicted molar refractivity (Wildman–Crippen MR) is 171 cm³/mol. The first-order valence-electron chi connectivity index (χ1n) is 15.1. The van der Waals surface area contributed by atoms with E-state index in [1.807, 2.05) is 45.9 Å². The quantitative estimate of drug-likeness (QED) is 0.237. The Morgan fingerprint density at radius 1 is 0.955 bits per heavy atom. The van der Waals surface area contributed by atoms with Gasteiger partial charge >= 0.3 is 12.1 Å². The summed E-state index contributed by atoms with van der Waals surface area (Å²) in [4.78, 5) is 38.9. The first-order valence-corrected chi connectivity index (χ1v) is 15.9. The fourth-order valence-corrected chi connectivity index (χ4v) is 7.71. The van der Waals surface area contributed by atoms with Crippen LogP contribution < -0.4 is 15.4 Å². The molecule has 2 amide bonds. The number of hydrogen-bond donors (Lipinski definition) is 3. The molecule has 44 heavy (non-hydrogen) atoms. The summed E-state index contributed by atoms with van der Waals surface area (Å²) >= 11 is 1.65. The molecular formula is C35H42N2O6S. The third kappa shape index (κ3) is 7.09. The van der Waals surface area contributed by atoms with Crippen LogP contribution in [-0.2, 0) is 22.5 Å². The average Bonchev–Trinajstić information content (AvgIpc) is 3.19. The number of carboxylic acids is 1. The molecule has 1 spiro atoms. The van der Waals surface area contributed by atoms with Crippen LogP contribution in [0.15, 0.2) is 42.5 Å². The Labute approximate surface area is 263 Å². The van der Waals surface area contributed by atoms with Crippen LogP contribution in [0.1, 0.15) is 83.3 Å². The minimum Gasteiger partial charge on any atom is -0.497 e. The van der Waals surface area contributed by atoms with Crippen molar-refractivity contribution in [3.8, 4) is 16.9 Å². The van der Waals surface area contributed by atoms with Gasteiger partial charge in [-0.1, -0.05) is 24.3 Å². The molecule has 234 valence electrons. The number of ether oxygens (including phenoxy) is 2. The molecular weight excluding hydrogens is 576 g/mol. The summed E-state index contributed by atoms with van der Waals surface area (Å²) < 4.78 is 10.9. The summed E-state index contributed by atoms with van der Waals surface area (Å²) in [5.74, 6) is -0.259. The zero-order valence-electron chi connectivity index (χ0n) is 26.3. The van der Waals surface area contributed by atoms with E-state index in [4.69, 9.17) is 9.47 Å². The highest BCUT2D eigenvalue weighted by Crippen LogP contribution is 2.58. The van der Waals surface area contributed by atoms with Crippen molar-refractivity contribution in [2.45, 2.75) is 84.9 Å². The molecule has 3 N–H and O–H groups in total. The molecule has 9 heteroatoms. The molecule has 0 radical (unpaired) electrons. The molecule has 0 bridgehead atoms. The van der Waals surface area contributed by atoms with E-state index in [1.165, 1.54) is 0 Å². The van der Waals surface area contributed by atoms with Crippen LogP contribution in [0.3, 0.4) is 0 Å². The van der Waals surface area contributed by atoms with E-state index in [2.05, 4.69) is 41.8 Å². The number of hydrogen-bond acceptors (Lipinski definition) is 6. The van der Waals surface area contributed by atoms with Crippen molar-refractivity contribution < 1.29 is 29.0 Å². The number of carboxylic acid groups (broad SMARTS) is 1. The van der Waals surface area contributed by atoms with Crippen LogP contribution in [0, 0.1) is 25.2 Å². The number of aryl methyl sites for hydroxylation is 2. The van der Waals surface area contributed by atoms with Gasteiger partial charge in [0.1, 0.15) is 11.4 Å². The summed E-state index contributed by atoms with van der Waals surface area (Å²) in [6.07, 6.45) is 3.37. The maximum absolute atomic E-state index is 13.4. The average molecular weight is 619 g/mol. The molecule has 2 fully saturated rings. The Bertz CT molecular complexity index is 1550. The normalized spacial score (nSPS) is 20.8. The molecule has 0 saturated heterocycles. The van der Waals surface area contributed by atoms with E-state index in [1.54, 1.807) is 18.4 Å². The molecule has 2 aromatic carbocycles. The Morgan fingerprint density at radius 3 is 2.25 bits per heavy atom. The lowest BCUT2D eigenvalue weighted by atomic mass is 9.50. The van der Waals surface area contributed by atoms with Crippen molar-refractivity contribution >= 4 is 29.3 Å². The van der Waals surface area contributed by atoms with Crippen molar-refractivity contribution in [2.24, 2.45) is 11.3 Å². The second-order valence-corrected chi connectivity index (χ2v) is 14.8. The van der Waals surface area contributed by atoms with Gasteiger partial charge in [0.15, 0.2) is 0 Å². The van der Waals surface area contributed by atoms with E-state index in [-0.39, 0.29) is 23.3 Å². The van der Waals surface area contributed by atoms with E-state index < -0.39 is 17.7 Å². The summed E-state index contributed by atoms with van der Waals surface area (Å²) in [5, 5.41) is 15.2. The van der Waals surface area contributed by atoms with Gasteiger partial charge in [0.25, 0.3) is 5.91 Å². The highest BCUT2D eigenvalue weighted by Gasteiger charge is 2.55. The lowest BCUT2D eigenvalue weighted by Crippen LogP contribution is -2.57. The fraction of sp³-hybridized carbons (Fsp3) is 0.457. The smallest absolute Gasteiger partial charge is 0.407 e. The molecule has 0 atom stereocenters. The molecule has 1 heterocycles. The van der Waals surface area contributed by atoms with Crippen molar-refractivity contribution in [2.75, 3.05) is 7.11 Å². The molecule has 0 aliphatic heterocycles. The van der Waals surface area contributed by atoms with Crippen LogP contribution in [-0.4, -0.2) is 41.8 Å². The van der Waals surface area contributed by atoms with E-state index in [0.29, 0.717) is 18.7 Å². The lowest BCUT2D eigenvalue weighted by Gasteiger charge is -2.56. The molecule has 2 saturated carbocycles. The van der Waals surface area contributed by atoms with Crippen molar-refractivity contribution in [1.82, 2.24) is 10.6 Å². The van der Waals surface area contributed by atoms with Gasteiger partial charge in [0.2, 0.25) is 0 Å². The Morgan fingerprint density at radius 2 is 1.64 bits per heavy atom. The Kier molecular flexibility index (Phi) is 8.80. The second-order valence-electron chi connectivity index (χ2n) is 13.4. The number of alkyl carbamates (subject to hydrolysis) is 1. The molecule has 2 aliphatic carbocycles. The van der Waals surface area contributed by atoms with Crippen LogP contribution in [0.4, 0.5) is 4.79 Å². The molecule has 3 aromatic rings. The van der Waals surface area contributed by atoms with Gasteiger partial charge in [0, 0.05) is 22.3 Å². The van der Waals surface area contributed by atoms with Gasteiger partial charge < -0.3 is 25.2 Å². The molecule has 8 nitrogen and oxygen atoms in total. The number of nitrogens with one attached hydrogen (secondary N) is 2. The number of amides is 2. The van der Waals surface area contributed by atoms with Crippen molar-refractivity contribution in [1.29, 1.82) is 0 Å². The summed E-state index contributed by atoms with van der Waals surface area (Å²) in [7, 11) is 1.62. The third-order valence-electron chi connectivity index (χ3n) is 8.72. The largest absolute Gasteiger partial charge is 0.497 e. The maximum Gasteiger partial charge on any atom is 0.407 e. The van der Waals surface area contributed by atoms with Gasteiger partial charge in [-0.25, -0.2) is 4.79 Å². The molecule has 0 unspecified atom stereocenters. The van der Waals surface area contributed by atoms with Crippen LogP contribution in [0.2, 0.25) is 0 Å². The van der Waals surface area contributed by atoms with E-state index in [0.717, 1.165) is 68.8 Å². The standard InChI is InChI=1S/C35H42N2O6S/c1-20-29(30(21(2)44-20)31(38)37-27-17-35(18-27)15-26(16-35)32(39)40)13-22-7-9-24(10-8-22)25-11-23(12-28(14-25)42-6)19-36-33(41)43-34(3,4)5/h7-12,14,26-27H,13,15-19H2,1-6H3,(H,36,41)(H,37,38)(H,39,40). The number of rotatable bonds is 9. The highest BCUT2D eigenvalue weighted by molar-refractivity contribution is 7.12. The third-order valence-corrected chi connectivity index (χ3v) is 9.78. The first-order chi connectivity index (χ1) is 20.7. The topological polar surface area (TPSA) is 114 Å². The van der Waals surface area contributed by atoms with Gasteiger partial charge in [-0.3, -0.25) is 9.59 Å². The first kappa shape index (κ1) is 31.6. The zero-order valence-corrected chi connectivity index (χ0v) is 27.2. The van der Waals surface area contributed by atoms with Crippen molar-refractivity contribution in [3.63, 3.8) is 0 Å². The van der Waals surface area contributed by atoms with Crippen molar-refractivity contribution in [3.05, 3.63) is 74.5 Å². The Hall–Kier alpha value is -3.85. The van der Waals surface area contributed by atoms with Gasteiger partial charge in [-0.15, -0.1) is 11.3 Å². The van der Waals surface area contributed by atoms with E-state index in [9.17, 15) is 19.5 Å². The number of carbonyl (C=O) groups is 3. The number of aliphatic carboxylic acids is 1.